The number of hydrogen-bond donors (Lipinski definition) is 1. The normalized spacial score (nSPS) is 7.83. The molecule has 2 nitrogen and oxygen atoms in total. The molecule has 0 unspecified atom stereocenters. The van der Waals surface area contributed by atoms with Gasteiger partial charge in [0.2, 0.25) is 0 Å². The van der Waals surface area contributed by atoms with Crippen molar-refractivity contribution in [2.75, 3.05) is 0 Å². The molecule has 0 spiro atoms. The highest BCUT2D eigenvalue weighted by Crippen LogP contribution is 2.14. The molecule has 0 saturated carbocycles. The van der Waals surface area contributed by atoms with E-state index in [9.17, 15) is 0 Å². The van der Waals surface area contributed by atoms with E-state index in [0.717, 1.165) is 11.3 Å². The predicted molar refractivity (Wildman–Crippen MR) is 54.9 cm³/mol. The molecule has 0 bridgehead atoms. The summed E-state index contributed by atoms with van der Waals surface area (Å²) in [6.07, 6.45) is 1.27. The summed E-state index contributed by atoms with van der Waals surface area (Å²) in [5, 5.41) is 6.98. The SMILES string of the molecule is C=Nc1ccccc1C=N.CC. The molecule has 0 aliphatic rings. The molecular formula is C10H14N2. The van der Waals surface area contributed by atoms with Crippen LogP contribution in [-0.4, -0.2) is 12.9 Å². The third-order valence-corrected chi connectivity index (χ3v) is 1.26. The van der Waals surface area contributed by atoms with Gasteiger partial charge in [-0.05, 0) is 12.8 Å². The lowest BCUT2D eigenvalue weighted by molar-refractivity contribution is 1.49. The number of hydrogen-bond acceptors (Lipinski definition) is 2. The summed E-state index contributed by atoms with van der Waals surface area (Å²) in [4.78, 5) is 3.74. The van der Waals surface area contributed by atoms with Gasteiger partial charge < -0.3 is 5.41 Å². The second kappa shape index (κ2) is 6.28. The lowest BCUT2D eigenvalue weighted by atomic mass is 10.2. The Balaban J connectivity index is 0.000000561. The minimum Gasteiger partial charge on any atom is -0.308 e. The summed E-state index contributed by atoms with van der Waals surface area (Å²) in [6, 6.07) is 7.40. The van der Waals surface area contributed by atoms with E-state index < -0.39 is 0 Å². The van der Waals surface area contributed by atoms with Gasteiger partial charge in [-0.3, -0.25) is 4.99 Å². The summed E-state index contributed by atoms with van der Waals surface area (Å²) in [5.74, 6) is 0. The molecular weight excluding hydrogens is 148 g/mol. The van der Waals surface area contributed by atoms with E-state index in [-0.39, 0.29) is 0 Å². The van der Waals surface area contributed by atoms with Crippen LogP contribution >= 0.6 is 0 Å². The van der Waals surface area contributed by atoms with Crippen LogP contribution in [0.5, 0.6) is 0 Å². The average Bonchev–Trinajstić information content (AvgIpc) is 2.20. The van der Waals surface area contributed by atoms with Gasteiger partial charge in [-0.1, -0.05) is 32.0 Å². The summed E-state index contributed by atoms with van der Waals surface area (Å²) < 4.78 is 0. The summed E-state index contributed by atoms with van der Waals surface area (Å²) in [5.41, 5.74) is 1.56. The van der Waals surface area contributed by atoms with Gasteiger partial charge in [0, 0.05) is 11.8 Å². The molecule has 1 rings (SSSR count). The summed E-state index contributed by atoms with van der Waals surface area (Å²) in [6.45, 7) is 7.39. The van der Waals surface area contributed by atoms with Crippen LogP contribution in [-0.2, 0) is 0 Å². The number of benzene rings is 1. The molecule has 0 saturated heterocycles. The van der Waals surface area contributed by atoms with Crippen molar-refractivity contribution in [3.63, 3.8) is 0 Å². The van der Waals surface area contributed by atoms with E-state index in [1.165, 1.54) is 6.21 Å². The van der Waals surface area contributed by atoms with Crippen molar-refractivity contribution in [2.45, 2.75) is 13.8 Å². The maximum atomic E-state index is 6.98. The Morgan fingerprint density at radius 1 is 1.33 bits per heavy atom. The smallest absolute Gasteiger partial charge is 0.0709 e. The monoisotopic (exact) mass is 162 g/mol. The van der Waals surface area contributed by atoms with Crippen molar-refractivity contribution in [3.8, 4) is 0 Å². The van der Waals surface area contributed by atoms with E-state index in [0.29, 0.717) is 0 Å². The largest absolute Gasteiger partial charge is 0.308 e. The zero-order valence-corrected chi connectivity index (χ0v) is 7.54. The third-order valence-electron chi connectivity index (χ3n) is 1.26. The average molecular weight is 162 g/mol. The predicted octanol–water partition coefficient (Wildman–Crippen LogP) is 3.04. The molecule has 12 heavy (non-hydrogen) atoms. The lowest BCUT2D eigenvalue weighted by Crippen LogP contribution is -1.77. The standard InChI is InChI=1S/C8H8N2.C2H6/c1-10-8-5-3-2-4-7(8)6-9;1-2/h2-6,9H,1H2;1-2H3. The zero-order valence-electron chi connectivity index (χ0n) is 7.54. The number of aliphatic imine (C=N–C) groups is 1. The fraction of sp³-hybridized carbons (Fsp3) is 0.200. The van der Waals surface area contributed by atoms with Crippen molar-refractivity contribution in [1.29, 1.82) is 5.41 Å². The number of rotatable bonds is 2. The fourth-order valence-corrected chi connectivity index (χ4v) is 0.754. The van der Waals surface area contributed by atoms with Crippen LogP contribution < -0.4 is 0 Å². The number of para-hydroxylation sites is 1. The highest BCUT2D eigenvalue weighted by molar-refractivity contribution is 5.84. The molecule has 0 radical (unpaired) electrons. The van der Waals surface area contributed by atoms with Crippen molar-refractivity contribution in [3.05, 3.63) is 29.8 Å². The molecule has 0 heterocycles. The first-order valence-corrected chi connectivity index (χ1v) is 3.94. The van der Waals surface area contributed by atoms with Gasteiger partial charge in [0.05, 0.1) is 5.69 Å². The quantitative estimate of drug-likeness (QED) is 0.649. The molecule has 2 heteroatoms. The van der Waals surface area contributed by atoms with Crippen LogP contribution in [0.3, 0.4) is 0 Å². The number of nitrogens with zero attached hydrogens (tertiary/aromatic N) is 1. The van der Waals surface area contributed by atoms with Gasteiger partial charge in [0.25, 0.3) is 0 Å². The minimum absolute atomic E-state index is 0.762. The van der Waals surface area contributed by atoms with Crippen LogP contribution in [0, 0.1) is 5.41 Å². The Labute approximate surface area is 73.5 Å². The fourth-order valence-electron chi connectivity index (χ4n) is 0.754. The van der Waals surface area contributed by atoms with Crippen molar-refractivity contribution >= 4 is 18.6 Å². The maximum Gasteiger partial charge on any atom is 0.0709 e. The first kappa shape index (κ1) is 10.6. The van der Waals surface area contributed by atoms with Gasteiger partial charge in [-0.15, -0.1) is 0 Å². The van der Waals surface area contributed by atoms with E-state index in [1.54, 1.807) is 0 Å². The Morgan fingerprint density at radius 2 is 1.92 bits per heavy atom. The molecule has 0 atom stereocenters. The second-order valence-corrected chi connectivity index (χ2v) is 1.86. The van der Waals surface area contributed by atoms with Gasteiger partial charge in [-0.2, -0.15) is 0 Å². The summed E-state index contributed by atoms with van der Waals surface area (Å²) in [7, 11) is 0. The summed E-state index contributed by atoms with van der Waals surface area (Å²) >= 11 is 0. The van der Waals surface area contributed by atoms with Crippen molar-refractivity contribution < 1.29 is 0 Å². The van der Waals surface area contributed by atoms with E-state index in [2.05, 4.69) is 11.7 Å². The lowest BCUT2D eigenvalue weighted by Gasteiger charge is -1.94. The maximum absolute atomic E-state index is 6.98. The van der Waals surface area contributed by atoms with Gasteiger partial charge in [0.15, 0.2) is 0 Å². The number of nitrogens with one attached hydrogen (secondary N) is 1. The van der Waals surface area contributed by atoms with E-state index >= 15 is 0 Å². The molecule has 0 aliphatic carbocycles. The first-order valence-electron chi connectivity index (χ1n) is 3.94. The van der Waals surface area contributed by atoms with E-state index in [1.807, 2.05) is 38.1 Å². The minimum atomic E-state index is 0.762. The van der Waals surface area contributed by atoms with Crippen LogP contribution in [0.1, 0.15) is 19.4 Å². The zero-order chi connectivity index (χ0) is 9.40. The molecule has 0 aromatic heterocycles. The molecule has 64 valence electrons. The Bertz CT molecular complexity index is 227. The molecule has 1 N–H and O–H groups in total. The Morgan fingerprint density at radius 3 is 2.33 bits per heavy atom. The van der Waals surface area contributed by atoms with Crippen LogP contribution in [0.25, 0.3) is 0 Å². The highest BCUT2D eigenvalue weighted by atomic mass is 14.7. The van der Waals surface area contributed by atoms with Crippen LogP contribution in [0.4, 0.5) is 5.69 Å². The Hall–Kier alpha value is -1.44. The van der Waals surface area contributed by atoms with Gasteiger partial charge in [0.1, 0.15) is 0 Å². The molecule has 0 fully saturated rings. The van der Waals surface area contributed by atoms with Crippen molar-refractivity contribution in [1.82, 2.24) is 0 Å². The van der Waals surface area contributed by atoms with Crippen LogP contribution in [0.15, 0.2) is 29.3 Å². The van der Waals surface area contributed by atoms with Crippen molar-refractivity contribution in [2.24, 2.45) is 4.99 Å². The third kappa shape index (κ3) is 2.66. The highest BCUT2D eigenvalue weighted by Gasteiger charge is 1.91. The Kier molecular flexibility index (Phi) is 5.53. The van der Waals surface area contributed by atoms with Gasteiger partial charge in [-0.25, -0.2) is 0 Å². The molecule has 0 aliphatic heterocycles. The first-order chi connectivity index (χ1) is 5.88. The topological polar surface area (TPSA) is 36.2 Å². The van der Waals surface area contributed by atoms with Gasteiger partial charge >= 0.3 is 0 Å². The van der Waals surface area contributed by atoms with Crippen LogP contribution in [0.2, 0.25) is 0 Å². The second-order valence-electron chi connectivity index (χ2n) is 1.86. The molecule has 0 amide bonds. The molecule has 1 aromatic carbocycles. The van der Waals surface area contributed by atoms with E-state index in [4.69, 9.17) is 5.41 Å². The molecule has 1 aromatic rings.